The smallest absolute Gasteiger partial charge is 0.410 e. The van der Waals surface area contributed by atoms with E-state index in [1.807, 2.05) is 0 Å². The van der Waals surface area contributed by atoms with E-state index in [9.17, 15) is 9.59 Å². The van der Waals surface area contributed by atoms with Crippen LogP contribution in [0.2, 0.25) is 0 Å². The maximum Gasteiger partial charge on any atom is 0.410 e. The molecule has 15 heavy (non-hydrogen) atoms. The van der Waals surface area contributed by atoms with Gasteiger partial charge in [-0.05, 0) is 6.54 Å². The van der Waals surface area contributed by atoms with Gasteiger partial charge in [0, 0.05) is 19.5 Å². The molecule has 2 aliphatic rings. The summed E-state index contributed by atoms with van der Waals surface area (Å²) in [6, 6.07) is 0. The molecule has 0 saturated carbocycles. The molecule has 1 unspecified atom stereocenters. The van der Waals surface area contributed by atoms with Gasteiger partial charge in [-0.3, -0.25) is 4.79 Å². The molecule has 0 aromatic rings. The van der Waals surface area contributed by atoms with Crippen LogP contribution in [0.1, 0.15) is 12.8 Å². The standard InChI is InChI=1S/C9H14N2O4/c12-7(13)1-4-11-6-9(15-8(11)14)2-3-10-5-9/h10H,1-6H2,(H,12,13). The molecular formula is C9H14N2O4. The number of ether oxygens (including phenoxy) is 1. The predicted molar refractivity (Wildman–Crippen MR) is 50.5 cm³/mol. The van der Waals surface area contributed by atoms with E-state index >= 15 is 0 Å². The van der Waals surface area contributed by atoms with E-state index in [-0.39, 0.29) is 19.1 Å². The molecule has 2 fully saturated rings. The molecule has 2 rings (SSSR count). The van der Waals surface area contributed by atoms with Gasteiger partial charge < -0.3 is 20.1 Å². The van der Waals surface area contributed by atoms with Gasteiger partial charge in [0.15, 0.2) is 0 Å². The second-order valence-corrected chi connectivity index (χ2v) is 4.04. The molecule has 1 amide bonds. The van der Waals surface area contributed by atoms with Crippen molar-refractivity contribution < 1.29 is 19.4 Å². The summed E-state index contributed by atoms with van der Waals surface area (Å²) in [4.78, 5) is 23.3. The highest BCUT2D eigenvalue weighted by molar-refractivity contribution is 5.72. The second kappa shape index (κ2) is 3.69. The average molecular weight is 214 g/mol. The molecule has 2 heterocycles. The number of carboxylic acids is 1. The lowest BCUT2D eigenvalue weighted by atomic mass is 10.0. The average Bonchev–Trinajstić information content (AvgIpc) is 2.72. The summed E-state index contributed by atoms with van der Waals surface area (Å²) >= 11 is 0. The lowest BCUT2D eigenvalue weighted by Crippen LogP contribution is -2.37. The Kier molecular flexibility index (Phi) is 2.52. The van der Waals surface area contributed by atoms with Crippen molar-refractivity contribution in [2.75, 3.05) is 26.2 Å². The summed E-state index contributed by atoms with van der Waals surface area (Å²) in [6.07, 6.45) is 0.390. The molecule has 1 spiro atoms. The third kappa shape index (κ3) is 2.04. The third-order valence-electron chi connectivity index (χ3n) is 2.84. The van der Waals surface area contributed by atoms with E-state index in [2.05, 4.69) is 5.32 Å². The Labute approximate surface area is 87.2 Å². The molecule has 2 N–H and O–H groups in total. The SMILES string of the molecule is O=C(O)CCN1CC2(CCNC2)OC1=O. The number of carboxylic acid groups (broad SMARTS) is 1. The molecule has 84 valence electrons. The minimum Gasteiger partial charge on any atom is -0.481 e. The molecular weight excluding hydrogens is 200 g/mol. The molecule has 0 aliphatic carbocycles. The second-order valence-electron chi connectivity index (χ2n) is 4.04. The Morgan fingerprint density at radius 3 is 3.07 bits per heavy atom. The van der Waals surface area contributed by atoms with E-state index in [1.165, 1.54) is 4.90 Å². The number of carbonyl (C=O) groups is 2. The fourth-order valence-corrected chi connectivity index (χ4v) is 2.04. The molecule has 2 aliphatic heterocycles. The lowest BCUT2D eigenvalue weighted by molar-refractivity contribution is -0.137. The zero-order valence-electron chi connectivity index (χ0n) is 8.36. The Morgan fingerprint density at radius 1 is 1.67 bits per heavy atom. The van der Waals surface area contributed by atoms with Crippen molar-refractivity contribution in [3.05, 3.63) is 0 Å². The molecule has 0 aromatic carbocycles. The van der Waals surface area contributed by atoms with Gasteiger partial charge in [-0.1, -0.05) is 0 Å². The van der Waals surface area contributed by atoms with Crippen molar-refractivity contribution in [2.45, 2.75) is 18.4 Å². The van der Waals surface area contributed by atoms with Crippen molar-refractivity contribution in [2.24, 2.45) is 0 Å². The number of hydrogen-bond acceptors (Lipinski definition) is 4. The topological polar surface area (TPSA) is 78.9 Å². The van der Waals surface area contributed by atoms with E-state index in [0.717, 1.165) is 13.0 Å². The van der Waals surface area contributed by atoms with Crippen LogP contribution < -0.4 is 5.32 Å². The van der Waals surface area contributed by atoms with Crippen LogP contribution in [0, 0.1) is 0 Å². The third-order valence-corrected chi connectivity index (χ3v) is 2.84. The predicted octanol–water partition coefficient (Wildman–Crippen LogP) is -0.355. The van der Waals surface area contributed by atoms with Gasteiger partial charge in [0.25, 0.3) is 0 Å². The van der Waals surface area contributed by atoms with Crippen LogP contribution in [-0.4, -0.2) is 53.8 Å². The normalized spacial score (nSPS) is 29.9. The maximum absolute atomic E-state index is 11.4. The van der Waals surface area contributed by atoms with Gasteiger partial charge >= 0.3 is 12.1 Å². The summed E-state index contributed by atoms with van der Waals surface area (Å²) in [5.41, 5.74) is -0.407. The van der Waals surface area contributed by atoms with Crippen molar-refractivity contribution in [1.29, 1.82) is 0 Å². The number of amides is 1. The van der Waals surface area contributed by atoms with E-state index < -0.39 is 11.6 Å². The minimum atomic E-state index is -0.895. The quantitative estimate of drug-likeness (QED) is 0.671. The molecule has 6 nitrogen and oxygen atoms in total. The molecule has 0 radical (unpaired) electrons. The van der Waals surface area contributed by atoms with Crippen LogP contribution in [0.4, 0.5) is 4.79 Å². The number of hydrogen-bond donors (Lipinski definition) is 2. The van der Waals surface area contributed by atoms with Gasteiger partial charge in [-0.2, -0.15) is 0 Å². The number of nitrogens with one attached hydrogen (secondary N) is 1. The Bertz CT molecular complexity index is 286. The molecule has 0 aromatic heterocycles. The highest BCUT2D eigenvalue weighted by Crippen LogP contribution is 2.28. The van der Waals surface area contributed by atoms with E-state index in [4.69, 9.17) is 9.84 Å². The minimum absolute atomic E-state index is 0.0292. The van der Waals surface area contributed by atoms with Crippen molar-refractivity contribution in [3.8, 4) is 0 Å². The van der Waals surface area contributed by atoms with Crippen LogP contribution in [0.25, 0.3) is 0 Å². The van der Waals surface area contributed by atoms with Gasteiger partial charge in [-0.25, -0.2) is 4.79 Å². The zero-order chi connectivity index (χ0) is 10.9. The fourth-order valence-electron chi connectivity index (χ4n) is 2.04. The van der Waals surface area contributed by atoms with Gasteiger partial charge in [-0.15, -0.1) is 0 Å². The Balaban J connectivity index is 1.92. The highest BCUT2D eigenvalue weighted by Gasteiger charge is 2.46. The first kappa shape index (κ1) is 10.2. The van der Waals surface area contributed by atoms with Crippen LogP contribution >= 0.6 is 0 Å². The first-order valence-electron chi connectivity index (χ1n) is 5.02. The van der Waals surface area contributed by atoms with Gasteiger partial charge in [0.1, 0.15) is 5.60 Å². The summed E-state index contributed by atoms with van der Waals surface area (Å²) in [5, 5.41) is 11.7. The number of aliphatic carboxylic acids is 1. The first-order chi connectivity index (χ1) is 7.11. The van der Waals surface area contributed by atoms with Crippen LogP contribution in [0.5, 0.6) is 0 Å². The number of carbonyl (C=O) groups excluding carboxylic acids is 1. The van der Waals surface area contributed by atoms with E-state index in [1.54, 1.807) is 0 Å². The largest absolute Gasteiger partial charge is 0.481 e. The molecule has 6 heteroatoms. The Hall–Kier alpha value is -1.30. The maximum atomic E-state index is 11.4. The van der Waals surface area contributed by atoms with Crippen LogP contribution in [0.3, 0.4) is 0 Å². The van der Waals surface area contributed by atoms with Crippen molar-refractivity contribution >= 4 is 12.1 Å². The summed E-state index contributed by atoms with van der Waals surface area (Å²) in [7, 11) is 0. The van der Waals surface area contributed by atoms with Crippen molar-refractivity contribution in [3.63, 3.8) is 0 Å². The van der Waals surface area contributed by atoms with Crippen molar-refractivity contribution in [1.82, 2.24) is 10.2 Å². The lowest BCUT2D eigenvalue weighted by Gasteiger charge is -2.18. The molecule has 2 saturated heterocycles. The Morgan fingerprint density at radius 2 is 2.47 bits per heavy atom. The number of nitrogens with zero attached hydrogens (tertiary/aromatic N) is 1. The molecule has 0 bridgehead atoms. The zero-order valence-corrected chi connectivity index (χ0v) is 8.36. The monoisotopic (exact) mass is 214 g/mol. The summed E-state index contributed by atoms with van der Waals surface area (Å²) in [6.45, 7) is 2.25. The summed E-state index contributed by atoms with van der Waals surface area (Å²) in [5.74, 6) is -0.895. The van der Waals surface area contributed by atoms with Gasteiger partial charge in [0.05, 0.1) is 13.0 Å². The highest BCUT2D eigenvalue weighted by atomic mass is 16.6. The number of rotatable bonds is 3. The van der Waals surface area contributed by atoms with E-state index in [0.29, 0.717) is 13.1 Å². The fraction of sp³-hybridized carbons (Fsp3) is 0.778. The van der Waals surface area contributed by atoms with Crippen LogP contribution in [-0.2, 0) is 9.53 Å². The summed E-state index contributed by atoms with van der Waals surface area (Å²) < 4.78 is 5.29. The van der Waals surface area contributed by atoms with Crippen LogP contribution in [0.15, 0.2) is 0 Å². The molecule has 1 atom stereocenters. The van der Waals surface area contributed by atoms with Gasteiger partial charge in [0.2, 0.25) is 0 Å². The first-order valence-corrected chi connectivity index (χ1v) is 5.02.